The van der Waals surface area contributed by atoms with Crippen LogP contribution < -0.4 is 0 Å². The molecule has 1 heteroatoms. The maximum absolute atomic E-state index is 2.56. The van der Waals surface area contributed by atoms with Gasteiger partial charge in [0.25, 0.3) is 14.1 Å². The molecule has 0 radical (unpaired) electrons. The molecule has 1 atom stereocenters. The molecular formula is C15H31Al. The van der Waals surface area contributed by atoms with Gasteiger partial charge in [0.2, 0.25) is 0 Å². The van der Waals surface area contributed by atoms with Crippen LogP contribution in [0.25, 0.3) is 0 Å². The van der Waals surface area contributed by atoms with Crippen LogP contribution in [-0.2, 0) is 0 Å². The van der Waals surface area contributed by atoms with Gasteiger partial charge in [0, 0.05) is 0 Å². The molecule has 0 aliphatic rings. The van der Waals surface area contributed by atoms with Gasteiger partial charge in [-0.3, -0.25) is 0 Å². The second-order valence-corrected chi connectivity index (χ2v) is 9.50. The normalized spacial score (nSPS) is 14.7. The highest BCUT2D eigenvalue weighted by Gasteiger charge is 2.21. The summed E-state index contributed by atoms with van der Waals surface area (Å²) in [4.78, 5) is 0. The van der Waals surface area contributed by atoms with E-state index in [0.717, 1.165) is 17.8 Å². The van der Waals surface area contributed by atoms with Gasteiger partial charge in [-0.05, 0) is 5.92 Å². The standard InChI is InChI=1S/C7H13.2C4H9.Al/c1-4-6-7(3)5-2;2*1-4(2)3;/h6-7H,5H2,1-3H3;2*4H,1H2,2-3H3;. The summed E-state index contributed by atoms with van der Waals surface area (Å²) in [7, 11) is 0. The van der Waals surface area contributed by atoms with Crippen molar-refractivity contribution in [3.63, 3.8) is 0 Å². The van der Waals surface area contributed by atoms with E-state index < -0.39 is 14.1 Å². The quantitative estimate of drug-likeness (QED) is 0.526. The fraction of sp³-hybridized carbons (Fsp3) is 0.867. The molecule has 94 valence electrons. The lowest BCUT2D eigenvalue weighted by Gasteiger charge is -2.18. The van der Waals surface area contributed by atoms with Crippen molar-refractivity contribution in [2.24, 2.45) is 17.8 Å². The second-order valence-electron chi connectivity index (χ2n) is 6.25. The highest BCUT2D eigenvalue weighted by molar-refractivity contribution is 6.66. The number of rotatable bonds is 7. The summed E-state index contributed by atoms with van der Waals surface area (Å²) in [6.45, 7) is 16.5. The summed E-state index contributed by atoms with van der Waals surface area (Å²) in [6.07, 6.45) is 3.84. The van der Waals surface area contributed by atoms with E-state index in [2.05, 4.69) is 54.5 Å². The third-order valence-corrected chi connectivity index (χ3v) is 7.85. The Morgan fingerprint density at radius 3 is 1.75 bits per heavy atom. The number of hydrogen-bond donors (Lipinski definition) is 0. The first-order chi connectivity index (χ1) is 7.36. The van der Waals surface area contributed by atoms with E-state index in [1.807, 2.05) is 0 Å². The third-order valence-electron chi connectivity index (χ3n) is 3.35. The Kier molecular flexibility index (Phi) is 8.52. The molecule has 0 aromatic carbocycles. The van der Waals surface area contributed by atoms with E-state index in [9.17, 15) is 0 Å². The average Bonchev–Trinajstić information content (AvgIpc) is 2.15. The zero-order valence-corrected chi connectivity index (χ0v) is 13.7. The van der Waals surface area contributed by atoms with E-state index in [0.29, 0.717) is 0 Å². The molecule has 0 spiro atoms. The Balaban J connectivity index is 4.54. The van der Waals surface area contributed by atoms with Gasteiger partial charge in [-0.1, -0.05) is 83.4 Å². The largest absolute Gasteiger partial charge is 0.298 e. The van der Waals surface area contributed by atoms with E-state index in [4.69, 9.17) is 0 Å². The van der Waals surface area contributed by atoms with Crippen molar-refractivity contribution in [2.45, 2.75) is 65.5 Å². The zero-order valence-electron chi connectivity index (χ0n) is 12.5. The van der Waals surface area contributed by atoms with Gasteiger partial charge in [-0.25, -0.2) is 0 Å². The van der Waals surface area contributed by atoms with Crippen molar-refractivity contribution < 1.29 is 0 Å². The summed E-state index contributed by atoms with van der Waals surface area (Å²) >= 11 is -0.653. The Morgan fingerprint density at radius 1 is 1.00 bits per heavy atom. The molecule has 0 nitrogen and oxygen atoms in total. The van der Waals surface area contributed by atoms with Gasteiger partial charge < -0.3 is 0 Å². The molecule has 0 aromatic rings. The maximum atomic E-state index is 2.56. The van der Waals surface area contributed by atoms with Gasteiger partial charge in [-0.2, -0.15) is 0 Å². The highest BCUT2D eigenvalue weighted by atomic mass is 27.2. The van der Waals surface area contributed by atoms with Gasteiger partial charge in [0.05, 0.1) is 0 Å². The average molecular weight is 238 g/mol. The fourth-order valence-electron chi connectivity index (χ4n) is 2.31. The summed E-state index contributed by atoms with van der Waals surface area (Å²) < 4.78 is 1.76. The van der Waals surface area contributed by atoms with Crippen molar-refractivity contribution >= 4 is 14.1 Å². The minimum absolute atomic E-state index is 0.653. The molecule has 0 saturated carbocycles. The number of hydrogen-bond acceptors (Lipinski definition) is 0. The van der Waals surface area contributed by atoms with Crippen molar-refractivity contribution in [1.29, 1.82) is 0 Å². The Bertz CT molecular complexity index is 193. The molecule has 0 rings (SSSR count). The van der Waals surface area contributed by atoms with E-state index >= 15 is 0 Å². The lowest BCUT2D eigenvalue weighted by Crippen LogP contribution is -2.20. The van der Waals surface area contributed by atoms with Crippen LogP contribution in [0, 0.1) is 17.8 Å². The molecule has 0 aromatic heterocycles. The topological polar surface area (TPSA) is 0 Å². The van der Waals surface area contributed by atoms with Crippen LogP contribution in [-0.4, -0.2) is 14.1 Å². The lowest BCUT2D eigenvalue weighted by atomic mass is 10.1. The minimum Gasteiger partial charge on any atom is -0.137 e. The van der Waals surface area contributed by atoms with Gasteiger partial charge >= 0.3 is 0 Å². The van der Waals surface area contributed by atoms with Crippen molar-refractivity contribution in [3.8, 4) is 0 Å². The van der Waals surface area contributed by atoms with Crippen LogP contribution in [0.4, 0.5) is 0 Å². The molecule has 1 unspecified atom stereocenters. The van der Waals surface area contributed by atoms with Crippen LogP contribution in [0.3, 0.4) is 0 Å². The van der Waals surface area contributed by atoms with E-state index in [-0.39, 0.29) is 0 Å². The van der Waals surface area contributed by atoms with E-state index in [1.54, 1.807) is 4.44 Å². The third kappa shape index (κ3) is 7.53. The fourth-order valence-corrected chi connectivity index (χ4v) is 6.12. The SMILES string of the molecule is CCC(C)/C=[C](/C)[Al]([CH2]C(C)C)[CH2]C(C)C. The Morgan fingerprint density at radius 2 is 1.44 bits per heavy atom. The van der Waals surface area contributed by atoms with Gasteiger partial charge in [0.15, 0.2) is 0 Å². The first-order valence-electron chi connectivity index (χ1n) is 7.05. The zero-order chi connectivity index (χ0) is 12.7. The van der Waals surface area contributed by atoms with Gasteiger partial charge in [0.1, 0.15) is 0 Å². The molecule has 0 heterocycles. The summed E-state index contributed by atoms with van der Waals surface area (Å²) in [5.41, 5.74) is 0. The molecular weight excluding hydrogens is 207 g/mol. The molecule has 0 amide bonds. The van der Waals surface area contributed by atoms with Crippen molar-refractivity contribution in [3.05, 3.63) is 10.5 Å². The molecule has 0 bridgehead atoms. The number of allylic oxidation sites excluding steroid dienone is 2. The predicted octanol–water partition coefficient (Wildman–Crippen LogP) is 5.32. The molecule has 0 aliphatic carbocycles. The summed E-state index contributed by atoms with van der Waals surface area (Å²) in [6, 6.07) is 0. The molecule has 0 saturated heterocycles. The summed E-state index contributed by atoms with van der Waals surface area (Å²) in [5, 5.41) is 2.97. The molecule has 16 heavy (non-hydrogen) atoms. The summed E-state index contributed by atoms with van der Waals surface area (Å²) in [5.74, 6) is 2.51. The van der Waals surface area contributed by atoms with Crippen molar-refractivity contribution in [2.75, 3.05) is 0 Å². The first kappa shape index (κ1) is 16.3. The second kappa shape index (κ2) is 8.38. The smallest absolute Gasteiger partial charge is 0.137 e. The van der Waals surface area contributed by atoms with Gasteiger partial charge in [-0.15, -0.1) is 4.44 Å². The maximum Gasteiger partial charge on any atom is 0.298 e. The molecule has 0 aliphatic heterocycles. The van der Waals surface area contributed by atoms with Crippen LogP contribution in [0.1, 0.15) is 54.9 Å². The Labute approximate surface area is 108 Å². The first-order valence-corrected chi connectivity index (χ1v) is 9.26. The van der Waals surface area contributed by atoms with E-state index in [1.165, 1.54) is 17.0 Å². The van der Waals surface area contributed by atoms with Crippen LogP contribution in [0.2, 0.25) is 10.6 Å². The monoisotopic (exact) mass is 238 g/mol. The van der Waals surface area contributed by atoms with Crippen LogP contribution in [0.5, 0.6) is 0 Å². The van der Waals surface area contributed by atoms with Crippen LogP contribution in [0.15, 0.2) is 10.5 Å². The molecule has 0 N–H and O–H groups in total. The lowest BCUT2D eigenvalue weighted by molar-refractivity contribution is 0.683. The van der Waals surface area contributed by atoms with Crippen molar-refractivity contribution in [1.82, 2.24) is 0 Å². The minimum atomic E-state index is -0.653. The highest BCUT2D eigenvalue weighted by Crippen LogP contribution is 2.21. The Hall–Kier alpha value is 0.272. The van der Waals surface area contributed by atoms with Crippen LogP contribution >= 0.6 is 0 Å². The molecule has 0 fully saturated rings. The predicted molar refractivity (Wildman–Crippen MR) is 78.3 cm³/mol.